The van der Waals surface area contributed by atoms with Gasteiger partial charge in [-0.05, 0) is 23.8 Å². The minimum Gasteiger partial charge on any atom is -0.497 e. The van der Waals surface area contributed by atoms with Crippen molar-refractivity contribution in [2.45, 2.75) is 12.5 Å². The first-order chi connectivity index (χ1) is 7.38. The smallest absolute Gasteiger partial charge is 0.119 e. The molecule has 1 unspecified atom stereocenters. The van der Waals surface area contributed by atoms with Crippen molar-refractivity contribution in [2.24, 2.45) is 4.99 Å². The van der Waals surface area contributed by atoms with Crippen LogP contribution < -0.4 is 9.64 Å². The fourth-order valence-corrected chi connectivity index (χ4v) is 2.43. The van der Waals surface area contributed by atoms with E-state index in [1.165, 1.54) is 11.3 Å². The summed E-state index contributed by atoms with van der Waals surface area (Å²) in [7, 11) is 1.71. The molecule has 1 aromatic rings. The molecule has 3 rings (SSSR count). The average Bonchev–Trinajstić information content (AvgIpc) is 2.66. The van der Waals surface area contributed by atoms with E-state index >= 15 is 0 Å². The molecule has 0 saturated heterocycles. The normalized spacial score (nSPS) is 22.5. The van der Waals surface area contributed by atoms with Gasteiger partial charge in [0.05, 0.1) is 19.7 Å². The van der Waals surface area contributed by atoms with Crippen LogP contribution in [0, 0.1) is 0 Å². The van der Waals surface area contributed by atoms with Gasteiger partial charge in [-0.3, -0.25) is 4.99 Å². The molecule has 2 aliphatic heterocycles. The lowest BCUT2D eigenvalue weighted by Crippen LogP contribution is -2.38. The number of ether oxygens (including phenoxy) is 1. The molecule has 0 fully saturated rings. The molecule has 78 valence electrons. The monoisotopic (exact) mass is 202 g/mol. The van der Waals surface area contributed by atoms with Crippen molar-refractivity contribution in [1.29, 1.82) is 0 Å². The number of methoxy groups -OCH3 is 1. The maximum atomic E-state index is 5.24. The number of hydrogen-bond donors (Lipinski definition) is 0. The molecule has 2 heterocycles. The Morgan fingerprint density at radius 3 is 3.27 bits per heavy atom. The highest BCUT2D eigenvalue weighted by Gasteiger charge is 2.29. The number of nitrogens with zero attached hydrogens (tertiary/aromatic N) is 2. The zero-order valence-corrected chi connectivity index (χ0v) is 8.81. The van der Waals surface area contributed by atoms with Crippen LogP contribution in [0.3, 0.4) is 0 Å². The Balaban J connectivity index is 2.01. The zero-order valence-electron chi connectivity index (χ0n) is 8.81. The number of benzene rings is 1. The Morgan fingerprint density at radius 1 is 1.47 bits per heavy atom. The molecule has 0 N–H and O–H groups in total. The first-order valence-electron chi connectivity index (χ1n) is 5.32. The van der Waals surface area contributed by atoms with Crippen molar-refractivity contribution < 1.29 is 4.74 Å². The van der Waals surface area contributed by atoms with Crippen LogP contribution >= 0.6 is 0 Å². The van der Waals surface area contributed by atoms with Gasteiger partial charge in [0.25, 0.3) is 0 Å². The lowest BCUT2D eigenvalue weighted by atomic mass is 10.1. The highest BCUT2D eigenvalue weighted by atomic mass is 16.5. The van der Waals surface area contributed by atoms with E-state index < -0.39 is 0 Å². The molecule has 0 spiro atoms. The summed E-state index contributed by atoms with van der Waals surface area (Å²) in [4.78, 5) is 6.78. The van der Waals surface area contributed by atoms with Gasteiger partial charge in [0.1, 0.15) is 5.75 Å². The summed E-state index contributed by atoms with van der Waals surface area (Å²) in [6.07, 6.45) is 3.14. The van der Waals surface area contributed by atoms with E-state index in [2.05, 4.69) is 28.2 Å². The summed E-state index contributed by atoms with van der Waals surface area (Å²) in [5, 5.41) is 0. The first kappa shape index (κ1) is 8.77. The van der Waals surface area contributed by atoms with Crippen LogP contribution in [0.4, 0.5) is 5.69 Å². The van der Waals surface area contributed by atoms with Crippen molar-refractivity contribution in [2.75, 3.05) is 25.1 Å². The molecular weight excluding hydrogens is 188 g/mol. The Kier molecular flexibility index (Phi) is 1.91. The van der Waals surface area contributed by atoms with E-state index in [9.17, 15) is 0 Å². The molecule has 0 bridgehead atoms. The number of rotatable bonds is 1. The summed E-state index contributed by atoms with van der Waals surface area (Å²) in [5.74, 6) is 0.950. The van der Waals surface area contributed by atoms with Crippen molar-refractivity contribution in [1.82, 2.24) is 0 Å². The Hall–Kier alpha value is -1.51. The van der Waals surface area contributed by atoms with Crippen LogP contribution in [0.5, 0.6) is 5.75 Å². The fourth-order valence-electron chi connectivity index (χ4n) is 2.43. The van der Waals surface area contributed by atoms with Gasteiger partial charge in [0.15, 0.2) is 0 Å². The van der Waals surface area contributed by atoms with E-state index in [0.29, 0.717) is 6.04 Å². The Bertz CT molecular complexity index is 414. The van der Waals surface area contributed by atoms with Gasteiger partial charge in [-0.15, -0.1) is 0 Å². The number of hydrogen-bond acceptors (Lipinski definition) is 3. The Morgan fingerprint density at radius 2 is 2.40 bits per heavy atom. The van der Waals surface area contributed by atoms with Crippen molar-refractivity contribution in [3.63, 3.8) is 0 Å². The van der Waals surface area contributed by atoms with E-state index in [1.807, 2.05) is 6.07 Å². The maximum Gasteiger partial charge on any atom is 0.119 e. The minimum absolute atomic E-state index is 0.473. The van der Waals surface area contributed by atoms with Crippen LogP contribution in [0.1, 0.15) is 5.56 Å². The van der Waals surface area contributed by atoms with Crippen LogP contribution in [0.25, 0.3) is 0 Å². The highest BCUT2D eigenvalue weighted by molar-refractivity contribution is 5.78. The van der Waals surface area contributed by atoms with E-state index in [-0.39, 0.29) is 0 Å². The van der Waals surface area contributed by atoms with E-state index in [1.54, 1.807) is 7.11 Å². The molecule has 0 aliphatic carbocycles. The minimum atomic E-state index is 0.473. The SMILES string of the molecule is COc1ccc2c(c1)CC1C=NCCN21. The van der Waals surface area contributed by atoms with Crippen LogP contribution in [-0.2, 0) is 6.42 Å². The van der Waals surface area contributed by atoms with Gasteiger partial charge in [-0.2, -0.15) is 0 Å². The molecule has 2 aliphatic rings. The third kappa shape index (κ3) is 1.30. The average molecular weight is 202 g/mol. The quantitative estimate of drug-likeness (QED) is 0.689. The molecule has 0 radical (unpaired) electrons. The fraction of sp³-hybridized carbons (Fsp3) is 0.417. The van der Waals surface area contributed by atoms with Crippen molar-refractivity contribution in [3.8, 4) is 5.75 Å². The van der Waals surface area contributed by atoms with E-state index in [4.69, 9.17) is 4.74 Å². The molecule has 0 aromatic heterocycles. The highest BCUT2D eigenvalue weighted by Crippen LogP contribution is 2.34. The second-order valence-corrected chi connectivity index (χ2v) is 4.01. The van der Waals surface area contributed by atoms with Crippen LogP contribution in [-0.4, -0.2) is 32.5 Å². The van der Waals surface area contributed by atoms with Gasteiger partial charge >= 0.3 is 0 Å². The molecule has 1 atom stereocenters. The molecule has 0 amide bonds. The lowest BCUT2D eigenvalue weighted by molar-refractivity contribution is 0.414. The zero-order chi connectivity index (χ0) is 10.3. The van der Waals surface area contributed by atoms with Gasteiger partial charge in [0.2, 0.25) is 0 Å². The standard InChI is InChI=1S/C12H14N2O/c1-15-11-2-3-12-9(7-11)6-10-8-13-4-5-14(10)12/h2-3,7-8,10H,4-6H2,1H3. The molecule has 0 saturated carbocycles. The van der Waals surface area contributed by atoms with Crippen LogP contribution in [0.15, 0.2) is 23.2 Å². The van der Waals surface area contributed by atoms with Gasteiger partial charge < -0.3 is 9.64 Å². The summed E-state index contributed by atoms with van der Waals surface area (Å²) < 4.78 is 5.24. The predicted molar refractivity (Wildman–Crippen MR) is 61.2 cm³/mol. The van der Waals surface area contributed by atoms with Crippen LogP contribution in [0.2, 0.25) is 0 Å². The van der Waals surface area contributed by atoms with E-state index in [0.717, 1.165) is 25.3 Å². The summed E-state index contributed by atoms with van der Waals surface area (Å²) in [6, 6.07) is 6.81. The number of anilines is 1. The second-order valence-electron chi connectivity index (χ2n) is 4.01. The summed E-state index contributed by atoms with van der Waals surface area (Å²) in [5.41, 5.74) is 2.74. The molecule has 1 aromatic carbocycles. The second kappa shape index (κ2) is 3.26. The first-order valence-corrected chi connectivity index (χ1v) is 5.32. The largest absolute Gasteiger partial charge is 0.497 e. The topological polar surface area (TPSA) is 24.8 Å². The van der Waals surface area contributed by atoms with Crippen molar-refractivity contribution in [3.05, 3.63) is 23.8 Å². The third-order valence-corrected chi connectivity index (χ3v) is 3.17. The lowest BCUT2D eigenvalue weighted by Gasteiger charge is -2.27. The third-order valence-electron chi connectivity index (χ3n) is 3.17. The number of aliphatic imine (C=N–C) groups is 1. The van der Waals surface area contributed by atoms with Gasteiger partial charge in [-0.1, -0.05) is 0 Å². The maximum absolute atomic E-state index is 5.24. The molecular formula is C12H14N2O. The Labute approximate surface area is 89.4 Å². The summed E-state index contributed by atoms with van der Waals surface area (Å²) in [6.45, 7) is 1.96. The van der Waals surface area contributed by atoms with Crippen molar-refractivity contribution >= 4 is 11.9 Å². The summed E-state index contributed by atoms with van der Waals surface area (Å²) >= 11 is 0. The molecule has 3 heteroatoms. The number of fused-ring (bicyclic) bond motifs is 3. The molecule has 3 nitrogen and oxygen atoms in total. The molecule has 15 heavy (non-hydrogen) atoms. The van der Waals surface area contributed by atoms with Gasteiger partial charge in [-0.25, -0.2) is 0 Å². The predicted octanol–water partition coefficient (Wildman–Crippen LogP) is 1.51. The van der Waals surface area contributed by atoms with Gasteiger partial charge in [0, 0.05) is 24.9 Å².